The van der Waals surface area contributed by atoms with Crippen LogP contribution in [0.2, 0.25) is 0 Å². The number of nitrogens with zero attached hydrogens (tertiary/aromatic N) is 1. The van der Waals surface area contributed by atoms with Gasteiger partial charge < -0.3 is 14.4 Å². The molecule has 74 valence electrons. The minimum absolute atomic E-state index is 0.0868. The Hall–Kier alpha value is -2.11. The van der Waals surface area contributed by atoms with Crippen LogP contribution in [0.1, 0.15) is 5.76 Å². The van der Waals surface area contributed by atoms with Crippen molar-refractivity contribution in [1.82, 2.24) is 0 Å². The lowest BCUT2D eigenvalue weighted by Crippen LogP contribution is -2.07. The number of hydrogen-bond acceptors (Lipinski definition) is 5. The Morgan fingerprint density at radius 2 is 2.50 bits per heavy atom. The molecule has 6 nitrogen and oxygen atoms in total. The number of aldehydes is 1. The molecule has 0 spiro atoms. The number of carbonyl (C=O) groups is 2. The molecule has 1 rings (SSSR count). The molecular formula is C8H7NO5. The fourth-order valence-corrected chi connectivity index (χ4v) is 0.706. The van der Waals surface area contributed by atoms with Gasteiger partial charge in [-0.05, 0) is 12.1 Å². The van der Waals surface area contributed by atoms with Crippen molar-refractivity contribution >= 4 is 18.0 Å². The molecule has 0 aliphatic carbocycles. The zero-order valence-corrected chi connectivity index (χ0v) is 7.04. The summed E-state index contributed by atoms with van der Waals surface area (Å²) in [7, 11) is 0. The summed E-state index contributed by atoms with van der Waals surface area (Å²) in [5.41, 5.74) is -0.0868. The average molecular weight is 197 g/mol. The van der Waals surface area contributed by atoms with E-state index < -0.39 is 12.6 Å². The second kappa shape index (κ2) is 4.80. The first-order valence-corrected chi connectivity index (χ1v) is 3.65. The molecule has 0 saturated heterocycles. The standard InChI is InChI=1S/C8H7NO5/c10-4-6(7-2-1-3-13-7)9-14-5-8(11)12/h1-4H,5H2,(H,11,12)/b9-6+. The van der Waals surface area contributed by atoms with Gasteiger partial charge in [-0.2, -0.15) is 0 Å². The van der Waals surface area contributed by atoms with E-state index in [-0.39, 0.29) is 11.5 Å². The number of carboxylic acids is 1. The molecule has 6 heteroatoms. The van der Waals surface area contributed by atoms with E-state index in [2.05, 4.69) is 9.99 Å². The first-order chi connectivity index (χ1) is 6.74. The smallest absolute Gasteiger partial charge is 0.344 e. The van der Waals surface area contributed by atoms with Gasteiger partial charge >= 0.3 is 5.97 Å². The minimum atomic E-state index is -1.17. The first kappa shape index (κ1) is 9.97. The van der Waals surface area contributed by atoms with Crippen molar-refractivity contribution in [2.24, 2.45) is 5.16 Å². The Morgan fingerprint density at radius 3 is 3.00 bits per heavy atom. The van der Waals surface area contributed by atoms with Gasteiger partial charge in [0.15, 0.2) is 17.8 Å². The van der Waals surface area contributed by atoms with Gasteiger partial charge in [-0.15, -0.1) is 0 Å². The van der Waals surface area contributed by atoms with E-state index in [9.17, 15) is 9.59 Å². The molecule has 0 bridgehead atoms. The minimum Gasteiger partial charge on any atom is -0.479 e. The Morgan fingerprint density at radius 1 is 1.71 bits per heavy atom. The van der Waals surface area contributed by atoms with Crippen LogP contribution in [0.25, 0.3) is 0 Å². The topological polar surface area (TPSA) is 89.1 Å². The highest BCUT2D eigenvalue weighted by Crippen LogP contribution is 2.01. The molecule has 1 aromatic rings. The number of hydrogen-bond donors (Lipinski definition) is 1. The molecule has 0 unspecified atom stereocenters. The molecule has 0 atom stereocenters. The quantitative estimate of drug-likeness (QED) is 0.416. The summed E-state index contributed by atoms with van der Waals surface area (Å²) >= 11 is 0. The highest BCUT2D eigenvalue weighted by Gasteiger charge is 2.06. The molecule has 0 aliphatic rings. The SMILES string of the molecule is O=C/C(=N\OCC(=O)O)c1ccco1. The number of carboxylic acid groups (broad SMARTS) is 1. The largest absolute Gasteiger partial charge is 0.479 e. The van der Waals surface area contributed by atoms with Gasteiger partial charge in [0.05, 0.1) is 6.26 Å². The van der Waals surface area contributed by atoms with Gasteiger partial charge in [0.25, 0.3) is 0 Å². The Labute approximate surface area is 78.8 Å². The van der Waals surface area contributed by atoms with Crippen LogP contribution in [0.5, 0.6) is 0 Å². The molecule has 0 aliphatic heterocycles. The van der Waals surface area contributed by atoms with E-state index in [4.69, 9.17) is 9.52 Å². The van der Waals surface area contributed by atoms with Crippen LogP contribution in [-0.4, -0.2) is 29.7 Å². The summed E-state index contributed by atoms with van der Waals surface area (Å²) in [6.07, 6.45) is 1.78. The van der Waals surface area contributed by atoms with E-state index in [0.717, 1.165) is 0 Å². The first-order valence-electron chi connectivity index (χ1n) is 3.65. The highest BCUT2D eigenvalue weighted by molar-refractivity contribution is 6.35. The van der Waals surface area contributed by atoms with Crippen LogP contribution < -0.4 is 0 Å². The molecule has 0 aromatic carbocycles. The van der Waals surface area contributed by atoms with Gasteiger partial charge in [-0.25, -0.2) is 4.79 Å². The van der Waals surface area contributed by atoms with E-state index in [0.29, 0.717) is 6.29 Å². The summed E-state index contributed by atoms with van der Waals surface area (Å²) in [4.78, 5) is 24.9. The lowest BCUT2D eigenvalue weighted by atomic mass is 10.3. The van der Waals surface area contributed by atoms with Crippen LogP contribution in [-0.2, 0) is 14.4 Å². The third kappa shape index (κ3) is 2.74. The second-order valence-electron chi connectivity index (χ2n) is 2.24. The van der Waals surface area contributed by atoms with Crippen molar-refractivity contribution < 1.29 is 24.0 Å². The number of aliphatic carboxylic acids is 1. The van der Waals surface area contributed by atoms with Gasteiger partial charge in [0, 0.05) is 0 Å². The highest BCUT2D eigenvalue weighted by atomic mass is 16.6. The fraction of sp³-hybridized carbons (Fsp3) is 0.125. The van der Waals surface area contributed by atoms with Gasteiger partial charge in [0.2, 0.25) is 6.61 Å². The number of oxime groups is 1. The summed E-state index contributed by atoms with van der Waals surface area (Å²) in [5.74, 6) is -0.941. The van der Waals surface area contributed by atoms with Crippen LogP contribution >= 0.6 is 0 Å². The lowest BCUT2D eigenvalue weighted by Gasteiger charge is -1.94. The van der Waals surface area contributed by atoms with Crippen molar-refractivity contribution in [3.05, 3.63) is 24.2 Å². The van der Waals surface area contributed by atoms with Crippen molar-refractivity contribution in [3.63, 3.8) is 0 Å². The van der Waals surface area contributed by atoms with E-state index >= 15 is 0 Å². The monoisotopic (exact) mass is 197 g/mol. The third-order valence-electron chi connectivity index (χ3n) is 1.24. The molecule has 1 N–H and O–H groups in total. The molecular weight excluding hydrogens is 190 g/mol. The van der Waals surface area contributed by atoms with Crippen LogP contribution in [0.4, 0.5) is 0 Å². The summed E-state index contributed by atoms with van der Waals surface area (Å²) < 4.78 is 4.85. The van der Waals surface area contributed by atoms with Crippen molar-refractivity contribution in [1.29, 1.82) is 0 Å². The molecule has 1 heterocycles. The molecule has 0 radical (unpaired) electrons. The summed E-state index contributed by atoms with van der Waals surface area (Å²) in [5, 5.41) is 11.5. The van der Waals surface area contributed by atoms with E-state index in [1.165, 1.54) is 12.3 Å². The average Bonchev–Trinajstić information content (AvgIpc) is 2.64. The predicted octanol–water partition coefficient (Wildman–Crippen LogP) is 0.284. The summed E-state index contributed by atoms with van der Waals surface area (Å²) in [6, 6.07) is 3.09. The number of furan rings is 1. The maximum atomic E-state index is 10.5. The Bertz CT molecular complexity index is 341. The molecule has 0 amide bonds. The maximum absolute atomic E-state index is 10.5. The zero-order chi connectivity index (χ0) is 10.4. The van der Waals surface area contributed by atoms with Gasteiger partial charge in [-0.1, -0.05) is 5.16 Å². The van der Waals surface area contributed by atoms with E-state index in [1.54, 1.807) is 6.07 Å². The van der Waals surface area contributed by atoms with Crippen molar-refractivity contribution in [2.45, 2.75) is 0 Å². The van der Waals surface area contributed by atoms with Crippen LogP contribution in [0.3, 0.4) is 0 Å². The van der Waals surface area contributed by atoms with E-state index in [1.807, 2.05) is 0 Å². The Balaban J connectivity index is 2.63. The number of carbonyl (C=O) groups excluding carboxylic acids is 1. The van der Waals surface area contributed by atoms with Gasteiger partial charge in [0.1, 0.15) is 0 Å². The van der Waals surface area contributed by atoms with Crippen molar-refractivity contribution in [3.8, 4) is 0 Å². The summed E-state index contributed by atoms with van der Waals surface area (Å²) in [6.45, 7) is -0.599. The predicted molar refractivity (Wildman–Crippen MR) is 44.9 cm³/mol. The molecule has 1 aromatic heterocycles. The molecule has 0 fully saturated rings. The van der Waals surface area contributed by atoms with Crippen molar-refractivity contribution in [2.75, 3.05) is 6.61 Å². The Kier molecular flexibility index (Phi) is 3.42. The molecule has 0 saturated carbocycles. The lowest BCUT2D eigenvalue weighted by molar-refractivity contribution is -0.142. The van der Waals surface area contributed by atoms with Crippen LogP contribution in [0.15, 0.2) is 28.0 Å². The number of rotatable bonds is 5. The normalized spacial score (nSPS) is 11.0. The second-order valence-corrected chi connectivity index (χ2v) is 2.24. The third-order valence-corrected chi connectivity index (χ3v) is 1.24. The molecule has 14 heavy (non-hydrogen) atoms. The van der Waals surface area contributed by atoms with Crippen LogP contribution in [0, 0.1) is 0 Å². The fourth-order valence-electron chi connectivity index (χ4n) is 0.706. The van der Waals surface area contributed by atoms with Gasteiger partial charge in [-0.3, -0.25) is 4.79 Å². The maximum Gasteiger partial charge on any atom is 0.344 e. The zero-order valence-electron chi connectivity index (χ0n) is 7.04.